The zero-order valence-electron chi connectivity index (χ0n) is 14.4. The van der Waals surface area contributed by atoms with Gasteiger partial charge in [0.25, 0.3) is 0 Å². The number of rotatable bonds is 4. The van der Waals surface area contributed by atoms with Crippen LogP contribution in [0.5, 0.6) is 5.75 Å². The van der Waals surface area contributed by atoms with E-state index in [0.29, 0.717) is 10.0 Å². The molecule has 7 heteroatoms. The second-order valence-corrected chi connectivity index (χ2v) is 6.21. The van der Waals surface area contributed by atoms with Crippen molar-refractivity contribution < 1.29 is 35.5 Å². The van der Waals surface area contributed by atoms with Crippen molar-refractivity contribution in [1.29, 1.82) is 0 Å². The molecular formula is C20H16BBrF2FeO2. The molecule has 0 heterocycles. The third-order valence-electron chi connectivity index (χ3n) is 3.41. The molecule has 1 aliphatic rings. The fourth-order valence-electron chi connectivity index (χ4n) is 2.12. The molecular weight excluding hydrogens is 457 g/mol. The Kier molecular flexibility index (Phi) is 10.0. The molecule has 2 aromatic rings. The molecule has 0 atom stereocenters. The van der Waals surface area contributed by atoms with Crippen molar-refractivity contribution in [2.45, 2.75) is 6.92 Å². The van der Waals surface area contributed by atoms with Gasteiger partial charge in [-0.1, -0.05) is 58.1 Å². The second-order valence-electron chi connectivity index (χ2n) is 5.35. The molecule has 0 aromatic heterocycles. The van der Waals surface area contributed by atoms with E-state index in [1.54, 1.807) is 13.0 Å². The fourth-order valence-corrected chi connectivity index (χ4v) is 2.47. The molecule has 0 spiro atoms. The molecule has 2 aromatic carbocycles. The van der Waals surface area contributed by atoms with Crippen LogP contribution in [0.25, 0.3) is 5.76 Å². The molecule has 0 amide bonds. The van der Waals surface area contributed by atoms with E-state index in [1.807, 2.05) is 54.6 Å². The van der Waals surface area contributed by atoms with Crippen LogP contribution in [0.15, 0.2) is 89.0 Å². The fraction of sp³-hybridized carbons (Fsp3) is 0.0500. The quantitative estimate of drug-likeness (QED) is 0.347. The van der Waals surface area contributed by atoms with Gasteiger partial charge in [0, 0.05) is 10.0 Å². The molecule has 0 radical (unpaired) electrons. The van der Waals surface area contributed by atoms with Gasteiger partial charge in [0.15, 0.2) is 0 Å². The number of hydrogen-bond donors (Lipinski definition) is 0. The zero-order chi connectivity index (χ0) is 18.9. The van der Waals surface area contributed by atoms with Crippen molar-refractivity contribution in [2.24, 2.45) is 0 Å². The van der Waals surface area contributed by atoms with Gasteiger partial charge in [0.05, 0.1) is 0 Å². The minimum absolute atomic E-state index is 0. The Labute approximate surface area is 177 Å². The van der Waals surface area contributed by atoms with E-state index >= 15 is 0 Å². The summed E-state index contributed by atoms with van der Waals surface area (Å²) in [5.41, 5.74) is 1.67. The number of halogens is 3. The van der Waals surface area contributed by atoms with Gasteiger partial charge >= 0.3 is 24.5 Å². The maximum absolute atomic E-state index is 12.4. The number of allylic oxidation sites excluding steroid dienone is 7. The Morgan fingerprint density at radius 3 is 2.33 bits per heavy atom. The zero-order valence-corrected chi connectivity index (χ0v) is 17.1. The molecule has 0 fully saturated rings. The van der Waals surface area contributed by atoms with E-state index in [0.717, 1.165) is 5.57 Å². The van der Waals surface area contributed by atoms with Crippen LogP contribution in [0, 0.1) is 6.92 Å². The van der Waals surface area contributed by atoms with Crippen LogP contribution in [0.4, 0.5) is 8.63 Å². The summed E-state index contributed by atoms with van der Waals surface area (Å²) >= 11 is 3.29. The SMILES string of the molecule is Cc1cc(OB(F)F)c(C([O-])=CC=C2C=CC=C2)cc1Br.[Fe+2].c1cc[cH-]c1. The monoisotopic (exact) mass is 472 g/mol. The van der Waals surface area contributed by atoms with Gasteiger partial charge in [-0.05, 0) is 30.2 Å². The van der Waals surface area contributed by atoms with Gasteiger partial charge in [0.2, 0.25) is 0 Å². The molecule has 0 unspecified atom stereocenters. The first-order valence-corrected chi connectivity index (χ1v) is 8.62. The molecule has 0 bridgehead atoms. The molecule has 3 rings (SSSR count). The predicted molar refractivity (Wildman–Crippen MR) is 104 cm³/mol. The number of aryl methyl sites for hydroxylation is 1. The molecule has 0 N–H and O–H groups in total. The van der Waals surface area contributed by atoms with Gasteiger partial charge in [-0.3, -0.25) is 0 Å². The summed E-state index contributed by atoms with van der Waals surface area (Å²) in [7, 11) is -2.98. The van der Waals surface area contributed by atoms with Crippen LogP contribution < -0.4 is 9.76 Å². The van der Waals surface area contributed by atoms with Crippen LogP contribution in [0.1, 0.15) is 11.1 Å². The summed E-state index contributed by atoms with van der Waals surface area (Å²) in [6, 6.07) is 12.9. The van der Waals surface area contributed by atoms with E-state index in [-0.39, 0.29) is 28.4 Å². The third-order valence-corrected chi connectivity index (χ3v) is 4.27. The first kappa shape index (κ1) is 23.1. The maximum Gasteiger partial charge on any atom is 2.00 e. The second kappa shape index (κ2) is 11.7. The molecule has 2 nitrogen and oxygen atoms in total. The average molecular weight is 473 g/mol. The number of hydrogen-bond acceptors (Lipinski definition) is 2. The van der Waals surface area contributed by atoms with Crippen molar-refractivity contribution in [2.75, 3.05) is 0 Å². The third kappa shape index (κ3) is 7.67. The molecule has 140 valence electrons. The van der Waals surface area contributed by atoms with Crippen LogP contribution in [0.2, 0.25) is 0 Å². The summed E-state index contributed by atoms with van der Waals surface area (Å²) in [5, 5.41) is 12.2. The Balaban J connectivity index is 0.000000526. The summed E-state index contributed by atoms with van der Waals surface area (Å²) in [6.07, 6.45) is 10.3. The van der Waals surface area contributed by atoms with Crippen LogP contribution in [0.3, 0.4) is 0 Å². The van der Waals surface area contributed by atoms with Gasteiger partial charge in [0.1, 0.15) is 5.75 Å². The first-order chi connectivity index (χ1) is 12.5. The van der Waals surface area contributed by atoms with E-state index in [4.69, 9.17) is 0 Å². The molecule has 0 saturated carbocycles. The summed E-state index contributed by atoms with van der Waals surface area (Å²) in [6.45, 7) is 1.73. The average Bonchev–Trinajstić information content (AvgIpc) is 3.31. The predicted octanol–water partition coefficient (Wildman–Crippen LogP) is 5.22. The topological polar surface area (TPSA) is 32.3 Å². The van der Waals surface area contributed by atoms with Gasteiger partial charge < -0.3 is 9.76 Å². The largest absolute Gasteiger partial charge is 2.00 e. The van der Waals surface area contributed by atoms with E-state index in [2.05, 4.69) is 20.6 Å². The van der Waals surface area contributed by atoms with Crippen LogP contribution in [-0.2, 0) is 17.1 Å². The Hall–Kier alpha value is -1.95. The van der Waals surface area contributed by atoms with E-state index in [9.17, 15) is 13.7 Å². The summed E-state index contributed by atoms with van der Waals surface area (Å²) in [5.74, 6) is -0.518. The Morgan fingerprint density at radius 1 is 1.19 bits per heavy atom. The minimum atomic E-state index is -2.98. The van der Waals surface area contributed by atoms with E-state index in [1.165, 1.54) is 18.2 Å². The van der Waals surface area contributed by atoms with Crippen molar-refractivity contribution >= 4 is 29.2 Å². The van der Waals surface area contributed by atoms with Gasteiger partial charge in [-0.25, -0.2) is 20.8 Å². The van der Waals surface area contributed by atoms with Gasteiger partial charge in [-0.15, -0.1) is 0 Å². The molecule has 0 aliphatic heterocycles. The Bertz CT molecular complexity index is 813. The first-order valence-electron chi connectivity index (χ1n) is 7.83. The maximum atomic E-state index is 12.4. The smallest absolute Gasteiger partial charge is 0.872 e. The van der Waals surface area contributed by atoms with Crippen molar-refractivity contribution in [3.63, 3.8) is 0 Å². The molecule has 1 aliphatic carbocycles. The van der Waals surface area contributed by atoms with Crippen LogP contribution >= 0.6 is 15.9 Å². The minimum Gasteiger partial charge on any atom is -0.872 e. The summed E-state index contributed by atoms with van der Waals surface area (Å²) in [4.78, 5) is 0. The van der Waals surface area contributed by atoms with Crippen LogP contribution in [-0.4, -0.2) is 7.47 Å². The summed E-state index contributed by atoms with van der Waals surface area (Å²) < 4.78 is 30.0. The van der Waals surface area contributed by atoms with Gasteiger partial charge in [-0.2, -0.15) is 18.2 Å². The van der Waals surface area contributed by atoms with Crippen molar-refractivity contribution in [3.8, 4) is 5.75 Å². The Morgan fingerprint density at radius 2 is 1.81 bits per heavy atom. The number of benzene rings is 1. The standard InChI is InChI=1S/C15H12BBrF2O2.C5H5.Fe/c1-10-8-15(21-16(18)19)12(9-13(10)17)14(20)7-6-11-4-2-3-5-11;1-2-4-5-3-1;/h2-9,20H,1H3;1-5H;/q;-1;+2/p-1. The normalized spacial score (nSPS) is 12.1. The molecule has 27 heavy (non-hydrogen) atoms. The molecule has 0 saturated heterocycles. The van der Waals surface area contributed by atoms with Crippen molar-refractivity contribution in [1.82, 2.24) is 0 Å². The van der Waals surface area contributed by atoms with Crippen molar-refractivity contribution in [3.05, 3.63) is 100 Å². The van der Waals surface area contributed by atoms with E-state index < -0.39 is 13.2 Å².